The van der Waals surface area contributed by atoms with Gasteiger partial charge in [0.15, 0.2) is 0 Å². The summed E-state index contributed by atoms with van der Waals surface area (Å²) in [6, 6.07) is 0. The molecular formula is C12H28F2. The molecule has 0 rings (SSSR count). The summed E-state index contributed by atoms with van der Waals surface area (Å²) >= 11 is 0. The molecule has 0 aromatic carbocycles. The summed E-state index contributed by atoms with van der Waals surface area (Å²) in [5.74, 6) is -2.33. The molecule has 0 aromatic heterocycles. The molecule has 2 heteroatoms. The molecule has 0 heterocycles. The highest BCUT2D eigenvalue weighted by Crippen LogP contribution is 2.23. The van der Waals surface area contributed by atoms with Crippen LogP contribution in [0.3, 0.4) is 0 Å². The number of alkyl halides is 2. The minimum Gasteiger partial charge on any atom is -0.207 e. The van der Waals surface area contributed by atoms with Gasteiger partial charge in [-0.15, -0.1) is 0 Å². The number of rotatable bonds is 3. The second-order valence-corrected chi connectivity index (χ2v) is 3.49. The molecule has 0 N–H and O–H groups in total. The van der Waals surface area contributed by atoms with Gasteiger partial charge >= 0.3 is 0 Å². The second kappa shape index (κ2) is 12.9. The van der Waals surface area contributed by atoms with E-state index in [0.29, 0.717) is 0 Å². The summed E-state index contributed by atoms with van der Waals surface area (Å²) in [5.41, 5.74) is 0. The minimum absolute atomic E-state index is 0.0174. The number of hydrogen-bond acceptors (Lipinski definition) is 0. The third-order valence-electron chi connectivity index (χ3n) is 1.40. The Hall–Kier alpha value is -0.140. The van der Waals surface area contributed by atoms with Crippen molar-refractivity contribution in [1.82, 2.24) is 0 Å². The molecule has 0 saturated heterocycles. The Morgan fingerprint density at radius 1 is 1.07 bits per heavy atom. The van der Waals surface area contributed by atoms with Crippen molar-refractivity contribution in [3.8, 4) is 0 Å². The third-order valence-corrected chi connectivity index (χ3v) is 1.40. The van der Waals surface area contributed by atoms with E-state index >= 15 is 0 Å². The van der Waals surface area contributed by atoms with Crippen molar-refractivity contribution >= 4 is 0 Å². The molecular weight excluding hydrogens is 182 g/mol. The van der Waals surface area contributed by atoms with Crippen LogP contribution in [0.5, 0.6) is 0 Å². The lowest BCUT2D eigenvalue weighted by Crippen LogP contribution is -2.13. The maximum absolute atomic E-state index is 12.2. The van der Waals surface area contributed by atoms with Crippen LogP contribution in [-0.4, -0.2) is 5.92 Å². The van der Waals surface area contributed by atoms with Crippen LogP contribution in [0.15, 0.2) is 0 Å². The first kappa shape index (κ1) is 19.4. The Morgan fingerprint density at radius 2 is 1.36 bits per heavy atom. The zero-order chi connectivity index (χ0) is 12.2. The maximum Gasteiger partial charge on any atom is 0.245 e. The van der Waals surface area contributed by atoms with Crippen molar-refractivity contribution < 1.29 is 8.78 Å². The van der Waals surface area contributed by atoms with E-state index in [4.69, 9.17) is 0 Å². The Kier molecular flexibility index (Phi) is 17.9. The fourth-order valence-electron chi connectivity index (χ4n) is 0.756. The largest absolute Gasteiger partial charge is 0.245 e. The second-order valence-electron chi connectivity index (χ2n) is 3.49. The SMILES string of the molecule is CC.CCC.CCC(C)CC(C)(F)F. The molecule has 0 aliphatic heterocycles. The Balaban J connectivity index is -0.000000205. The molecule has 0 bridgehead atoms. The first-order valence-electron chi connectivity index (χ1n) is 5.75. The molecule has 0 nitrogen and oxygen atoms in total. The molecule has 0 aliphatic carbocycles. The minimum atomic E-state index is -2.48. The van der Waals surface area contributed by atoms with Crippen LogP contribution < -0.4 is 0 Å². The van der Waals surface area contributed by atoms with E-state index in [1.165, 1.54) is 6.42 Å². The Labute approximate surface area is 89.1 Å². The molecule has 14 heavy (non-hydrogen) atoms. The van der Waals surface area contributed by atoms with E-state index in [-0.39, 0.29) is 12.3 Å². The summed E-state index contributed by atoms with van der Waals surface area (Å²) < 4.78 is 24.3. The molecule has 0 fully saturated rings. The predicted octanol–water partition coefficient (Wildman–Crippen LogP) is 5.52. The van der Waals surface area contributed by atoms with Gasteiger partial charge in [-0.25, -0.2) is 8.78 Å². The van der Waals surface area contributed by atoms with Crippen LogP contribution in [0.1, 0.15) is 67.7 Å². The van der Waals surface area contributed by atoms with Gasteiger partial charge in [0.25, 0.3) is 0 Å². The van der Waals surface area contributed by atoms with Crippen LogP contribution >= 0.6 is 0 Å². The van der Waals surface area contributed by atoms with Crippen molar-refractivity contribution in [3.05, 3.63) is 0 Å². The summed E-state index contributed by atoms with van der Waals surface area (Å²) in [6.07, 6.45) is 2.10. The van der Waals surface area contributed by atoms with Gasteiger partial charge in [0.1, 0.15) is 0 Å². The van der Waals surface area contributed by atoms with Crippen LogP contribution in [0.4, 0.5) is 8.78 Å². The average Bonchev–Trinajstić information content (AvgIpc) is 2.06. The summed E-state index contributed by atoms with van der Waals surface area (Å²) in [5, 5.41) is 0. The molecule has 90 valence electrons. The smallest absolute Gasteiger partial charge is 0.207 e. The molecule has 0 aliphatic rings. The number of halogens is 2. The Bertz CT molecular complexity index is 84.8. The molecule has 0 amide bonds. The average molecular weight is 210 g/mol. The maximum atomic E-state index is 12.2. The lowest BCUT2D eigenvalue weighted by atomic mass is 10.0. The van der Waals surface area contributed by atoms with Crippen LogP contribution in [0.2, 0.25) is 0 Å². The van der Waals surface area contributed by atoms with Gasteiger partial charge in [-0.05, 0) is 12.8 Å². The van der Waals surface area contributed by atoms with E-state index in [1.54, 1.807) is 0 Å². The van der Waals surface area contributed by atoms with E-state index in [1.807, 2.05) is 27.7 Å². The van der Waals surface area contributed by atoms with Crippen molar-refractivity contribution in [1.29, 1.82) is 0 Å². The standard InChI is InChI=1S/C7H14F2.C3H8.C2H6/c1-4-6(2)5-7(3,8)9;1-3-2;1-2/h6H,4-5H2,1-3H3;3H2,1-2H3;1-2H3. The fourth-order valence-corrected chi connectivity index (χ4v) is 0.756. The van der Waals surface area contributed by atoms with Gasteiger partial charge in [-0.1, -0.05) is 54.4 Å². The highest BCUT2D eigenvalue weighted by atomic mass is 19.3. The molecule has 0 saturated carbocycles. The summed E-state index contributed by atoms with van der Waals surface area (Å²) in [4.78, 5) is 0. The van der Waals surface area contributed by atoms with Gasteiger partial charge in [0.2, 0.25) is 5.92 Å². The van der Waals surface area contributed by atoms with Crippen molar-refractivity contribution in [2.75, 3.05) is 0 Å². The van der Waals surface area contributed by atoms with Gasteiger partial charge in [0.05, 0.1) is 0 Å². The lowest BCUT2D eigenvalue weighted by Gasteiger charge is -2.13. The van der Waals surface area contributed by atoms with E-state index < -0.39 is 5.92 Å². The zero-order valence-corrected chi connectivity index (χ0v) is 11.0. The zero-order valence-electron chi connectivity index (χ0n) is 11.0. The Morgan fingerprint density at radius 3 is 1.43 bits per heavy atom. The quantitative estimate of drug-likeness (QED) is 0.575. The van der Waals surface area contributed by atoms with Crippen LogP contribution in [0, 0.1) is 5.92 Å². The van der Waals surface area contributed by atoms with Gasteiger partial charge in [-0.3, -0.25) is 0 Å². The monoisotopic (exact) mass is 210 g/mol. The van der Waals surface area contributed by atoms with E-state index in [0.717, 1.165) is 13.3 Å². The van der Waals surface area contributed by atoms with Crippen molar-refractivity contribution in [2.24, 2.45) is 5.92 Å². The number of hydrogen-bond donors (Lipinski definition) is 0. The van der Waals surface area contributed by atoms with Gasteiger partial charge < -0.3 is 0 Å². The first-order valence-corrected chi connectivity index (χ1v) is 5.75. The topological polar surface area (TPSA) is 0 Å². The van der Waals surface area contributed by atoms with Crippen molar-refractivity contribution in [3.63, 3.8) is 0 Å². The highest BCUT2D eigenvalue weighted by Gasteiger charge is 2.22. The van der Waals surface area contributed by atoms with Crippen LogP contribution in [-0.2, 0) is 0 Å². The fraction of sp³-hybridized carbons (Fsp3) is 1.00. The van der Waals surface area contributed by atoms with Crippen molar-refractivity contribution in [2.45, 2.75) is 73.7 Å². The first-order chi connectivity index (χ1) is 6.37. The molecule has 0 spiro atoms. The third kappa shape index (κ3) is 29.7. The van der Waals surface area contributed by atoms with E-state index in [9.17, 15) is 8.78 Å². The van der Waals surface area contributed by atoms with Gasteiger partial charge in [-0.2, -0.15) is 0 Å². The highest BCUT2D eigenvalue weighted by molar-refractivity contribution is 4.62. The lowest BCUT2D eigenvalue weighted by molar-refractivity contribution is -0.00166. The molecule has 1 unspecified atom stereocenters. The summed E-state index contributed by atoms with van der Waals surface area (Å²) in [6.45, 7) is 13.0. The van der Waals surface area contributed by atoms with Crippen LogP contribution in [0.25, 0.3) is 0 Å². The summed E-state index contributed by atoms with van der Waals surface area (Å²) in [7, 11) is 0. The van der Waals surface area contributed by atoms with E-state index in [2.05, 4.69) is 13.8 Å². The normalized spacial score (nSPS) is 11.8. The molecule has 1 atom stereocenters. The predicted molar refractivity (Wildman–Crippen MR) is 62.0 cm³/mol. The molecule has 0 radical (unpaired) electrons. The van der Waals surface area contributed by atoms with Gasteiger partial charge in [0, 0.05) is 6.42 Å². The molecule has 0 aromatic rings.